The molecule has 6 heteroatoms. The summed E-state index contributed by atoms with van der Waals surface area (Å²) < 4.78 is 9.09. The largest absolute Gasteiger partial charge is 0.415 e. The Bertz CT molecular complexity index is 1310. The van der Waals surface area contributed by atoms with Crippen molar-refractivity contribution in [1.82, 2.24) is 9.47 Å². The third-order valence-electron chi connectivity index (χ3n) is 5.70. The summed E-state index contributed by atoms with van der Waals surface area (Å²) in [6, 6.07) is 23.7. The van der Waals surface area contributed by atoms with Crippen LogP contribution in [0.3, 0.4) is 0 Å². The highest BCUT2D eigenvalue weighted by molar-refractivity contribution is 9.10. The van der Waals surface area contributed by atoms with E-state index in [2.05, 4.69) is 51.0 Å². The van der Waals surface area contributed by atoms with Crippen molar-refractivity contribution in [2.75, 3.05) is 13.1 Å². The monoisotopic (exact) mass is 501 g/mol. The molecule has 0 aliphatic carbocycles. The van der Waals surface area contributed by atoms with Gasteiger partial charge in [-0.2, -0.15) is 5.26 Å². The van der Waals surface area contributed by atoms with Gasteiger partial charge in [-0.1, -0.05) is 40.2 Å². The van der Waals surface area contributed by atoms with Crippen LogP contribution in [-0.4, -0.2) is 28.6 Å². The fourth-order valence-electron chi connectivity index (χ4n) is 3.91. The normalized spacial score (nSPS) is 10.7. The average molecular weight is 502 g/mol. The molecular weight excluding hydrogens is 478 g/mol. The van der Waals surface area contributed by atoms with Crippen LogP contribution in [0.4, 0.5) is 4.79 Å². The van der Waals surface area contributed by atoms with Gasteiger partial charge in [0, 0.05) is 46.8 Å². The average Bonchev–Trinajstić information content (AvgIpc) is 3.24. The molecule has 0 spiro atoms. The van der Waals surface area contributed by atoms with E-state index in [9.17, 15) is 10.1 Å². The summed E-state index contributed by atoms with van der Waals surface area (Å²) in [5.74, 6) is 0.505. The van der Waals surface area contributed by atoms with Crippen LogP contribution in [-0.2, 0) is 6.54 Å². The van der Waals surface area contributed by atoms with Crippen LogP contribution in [0.2, 0.25) is 0 Å². The highest BCUT2D eigenvalue weighted by Crippen LogP contribution is 2.38. The van der Waals surface area contributed by atoms with Gasteiger partial charge in [0.05, 0.1) is 11.6 Å². The zero-order chi connectivity index (χ0) is 23.4. The SMILES string of the molecule is CCN(CC)C(=O)Oc1ccc2c(ccn2Cc2ccc(Br)cc2)c1-c1ccc(C#N)cc1. The standard InChI is InChI=1S/C27H24BrN3O2/c1-3-30(4-2)27(32)33-25-14-13-24-23(26(25)21-9-5-19(17-29)6-10-21)15-16-31(24)18-20-7-11-22(28)12-8-20/h5-16H,3-4,18H2,1-2H3. The molecule has 1 aromatic heterocycles. The minimum Gasteiger partial charge on any atom is -0.410 e. The van der Waals surface area contributed by atoms with Gasteiger partial charge >= 0.3 is 6.09 Å². The molecule has 33 heavy (non-hydrogen) atoms. The van der Waals surface area contributed by atoms with Crippen LogP contribution >= 0.6 is 15.9 Å². The summed E-state index contributed by atoms with van der Waals surface area (Å²) >= 11 is 3.48. The van der Waals surface area contributed by atoms with E-state index in [4.69, 9.17) is 4.74 Å². The lowest BCUT2D eigenvalue weighted by Crippen LogP contribution is -2.33. The molecule has 0 saturated carbocycles. The summed E-state index contributed by atoms with van der Waals surface area (Å²) in [7, 11) is 0. The topological polar surface area (TPSA) is 58.3 Å². The Morgan fingerprint density at radius 1 is 1.00 bits per heavy atom. The Labute approximate surface area is 201 Å². The van der Waals surface area contributed by atoms with E-state index >= 15 is 0 Å². The van der Waals surface area contributed by atoms with Crippen LogP contribution in [0, 0.1) is 11.3 Å². The van der Waals surface area contributed by atoms with Crippen LogP contribution in [0.1, 0.15) is 25.0 Å². The van der Waals surface area contributed by atoms with Gasteiger partial charge in [-0.15, -0.1) is 0 Å². The number of ether oxygens (including phenoxy) is 1. The molecule has 0 fully saturated rings. The molecule has 0 bridgehead atoms. The third kappa shape index (κ3) is 4.79. The molecule has 0 N–H and O–H groups in total. The van der Waals surface area contributed by atoms with Gasteiger partial charge in [0.15, 0.2) is 0 Å². The van der Waals surface area contributed by atoms with Crippen molar-refractivity contribution in [2.45, 2.75) is 20.4 Å². The maximum atomic E-state index is 12.7. The van der Waals surface area contributed by atoms with Crippen LogP contribution in [0.25, 0.3) is 22.0 Å². The molecule has 4 aromatic rings. The number of amides is 1. The number of hydrogen-bond donors (Lipinski definition) is 0. The smallest absolute Gasteiger partial charge is 0.410 e. The van der Waals surface area contributed by atoms with Gasteiger partial charge < -0.3 is 14.2 Å². The van der Waals surface area contributed by atoms with Crippen molar-refractivity contribution < 1.29 is 9.53 Å². The number of carbonyl (C=O) groups is 1. The second-order valence-corrected chi connectivity index (χ2v) is 8.59. The molecule has 0 atom stereocenters. The zero-order valence-corrected chi connectivity index (χ0v) is 20.2. The number of benzene rings is 3. The van der Waals surface area contributed by atoms with Crippen molar-refractivity contribution >= 4 is 32.9 Å². The van der Waals surface area contributed by atoms with Crippen molar-refractivity contribution in [3.05, 3.63) is 88.5 Å². The first-order valence-corrected chi connectivity index (χ1v) is 11.7. The molecule has 1 heterocycles. The highest BCUT2D eigenvalue weighted by atomic mass is 79.9. The first-order chi connectivity index (χ1) is 16.0. The van der Waals surface area contributed by atoms with Crippen molar-refractivity contribution in [1.29, 1.82) is 5.26 Å². The van der Waals surface area contributed by atoms with Crippen molar-refractivity contribution in [3.8, 4) is 22.9 Å². The predicted octanol–water partition coefficient (Wildman–Crippen LogP) is 6.83. The van der Waals surface area contributed by atoms with E-state index in [-0.39, 0.29) is 6.09 Å². The number of halogens is 1. The molecular formula is C27H24BrN3O2. The fourth-order valence-corrected chi connectivity index (χ4v) is 4.18. The number of nitrogens with zero attached hydrogens (tertiary/aromatic N) is 3. The quantitative estimate of drug-likeness (QED) is 0.290. The zero-order valence-electron chi connectivity index (χ0n) is 18.6. The van der Waals surface area contributed by atoms with Crippen LogP contribution < -0.4 is 4.74 Å². The number of nitriles is 1. The van der Waals surface area contributed by atoms with E-state index in [0.717, 1.165) is 33.0 Å². The first kappa shape index (κ1) is 22.6. The van der Waals surface area contributed by atoms with E-state index in [0.29, 0.717) is 24.4 Å². The summed E-state index contributed by atoms with van der Waals surface area (Å²) in [6.07, 6.45) is 1.68. The van der Waals surface area contributed by atoms with Gasteiger partial charge in [-0.3, -0.25) is 0 Å². The second-order valence-electron chi connectivity index (χ2n) is 7.67. The lowest BCUT2D eigenvalue weighted by molar-refractivity contribution is 0.157. The first-order valence-electron chi connectivity index (χ1n) is 10.9. The number of hydrogen-bond acceptors (Lipinski definition) is 3. The predicted molar refractivity (Wildman–Crippen MR) is 134 cm³/mol. The summed E-state index contributed by atoms with van der Waals surface area (Å²) in [4.78, 5) is 14.4. The lowest BCUT2D eigenvalue weighted by Gasteiger charge is -2.20. The summed E-state index contributed by atoms with van der Waals surface area (Å²) in [5.41, 5.74) is 4.54. The molecule has 1 amide bonds. The van der Waals surface area contributed by atoms with Gasteiger partial charge in [0.2, 0.25) is 0 Å². The molecule has 0 unspecified atom stereocenters. The maximum absolute atomic E-state index is 12.7. The Morgan fingerprint density at radius 3 is 2.33 bits per heavy atom. The van der Waals surface area contributed by atoms with E-state index in [1.54, 1.807) is 17.0 Å². The van der Waals surface area contributed by atoms with Crippen molar-refractivity contribution in [3.63, 3.8) is 0 Å². The second kappa shape index (κ2) is 9.93. The molecule has 0 radical (unpaired) electrons. The molecule has 0 aliphatic rings. The van der Waals surface area contributed by atoms with Gasteiger partial charge in [-0.25, -0.2) is 4.79 Å². The van der Waals surface area contributed by atoms with Gasteiger partial charge in [0.25, 0.3) is 0 Å². The van der Waals surface area contributed by atoms with E-state index in [1.807, 2.05) is 50.2 Å². The Kier molecular flexibility index (Phi) is 6.81. The fraction of sp³-hybridized carbons (Fsp3) is 0.185. The number of rotatable bonds is 6. The maximum Gasteiger partial charge on any atom is 0.415 e. The third-order valence-corrected chi connectivity index (χ3v) is 6.23. The molecule has 3 aromatic carbocycles. The van der Waals surface area contributed by atoms with E-state index in [1.165, 1.54) is 5.56 Å². The van der Waals surface area contributed by atoms with Crippen LogP contribution in [0.5, 0.6) is 5.75 Å². The number of fused-ring (bicyclic) bond motifs is 1. The molecule has 166 valence electrons. The number of aromatic nitrogens is 1. The molecule has 0 saturated heterocycles. The van der Waals surface area contributed by atoms with Crippen molar-refractivity contribution in [2.24, 2.45) is 0 Å². The van der Waals surface area contributed by atoms with Gasteiger partial charge in [-0.05, 0) is 67.4 Å². The van der Waals surface area contributed by atoms with Crippen LogP contribution in [0.15, 0.2) is 77.4 Å². The summed E-state index contributed by atoms with van der Waals surface area (Å²) in [6.45, 7) is 5.73. The Morgan fingerprint density at radius 2 is 1.70 bits per heavy atom. The Hall–Kier alpha value is -3.56. The minimum atomic E-state index is -0.372. The Balaban J connectivity index is 1.80. The molecule has 0 aliphatic heterocycles. The van der Waals surface area contributed by atoms with Gasteiger partial charge in [0.1, 0.15) is 5.75 Å². The molecule has 5 nitrogen and oxygen atoms in total. The highest BCUT2D eigenvalue weighted by Gasteiger charge is 2.19. The number of carbonyl (C=O) groups excluding carboxylic acids is 1. The van der Waals surface area contributed by atoms with E-state index < -0.39 is 0 Å². The molecule has 4 rings (SSSR count). The summed E-state index contributed by atoms with van der Waals surface area (Å²) in [5, 5.41) is 10.2. The minimum absolute atomic E-state index is 0.372. The lowest BCUT2D eigenvalue weighted by atomic mass is 9.99.